The minimum absolute atomic E-state index is 0.169. The van der Waals surface area contributed by atoms with E-state index >= 15 is 0 Å². The van der Waals surface area contributed by atoms with Crippen LogP contribution in [0.3, 0.4) is 0 Å². The van der Waals surface area contributed by atoms with E-state index in [1.807, 2.05) is 0 Å². The summed E-state index contributed by atoms with van der Waals surface area (Å²) in [7, 11) is -3.55. The number of sulfonamides is 1. The van der Waals surface area contributed by atoms with Crippen molar-refractivity contribution in [2.24, 2.45) is 5.92 Å². The molecular formula is C15H21ClN2O3S. The Morgan fingerprint density at radius 3 is 2.55 bits per heavy atom. The first-order valence-electron chi connectivity index (χ1n) is 7.28. The van der Waals surface area contributed by atoms with Crippen LogP contribution in [0.15, 0.2) is 24.3 Å². The molecule has 0 saturated carbocycles. The molecule has 1 heterocycles. The molecule has 1 aliphatic heterocycles. The average Bonchev–Trinajstić information content (AvgIpc) is 2.44. The van der Waals surface area contributed by atoms with Gasteiger partial charge in [-0.25, -0.2) is 8.42 Å². The van der Waals surface area contributed by atoms with Crippen LogP contribution in [0.1, 0.15) is 19.8 Å². The lowest BCUT2D eigenvalue weighted by Gasteiger charge is -2.32. The molecule has 5 nitrogen and oxygen atoms in total. The third kappa shape index (κ3) is 4.36. The Balaban J connectivity index is 2.16. The van der Waals surface area contributed by atoms with E-state index in [-0.39, 0.29) is 12.5 Å². The van der Waals surface area contributed by atoms with Crippen molar-refractivity contribution >= 4 is 33.2 Å². The predicted octanol–water partition coefficient (Wildman–Crippen LogP) is 2.36. The lowest BCUT2D eigenvalue weighted by atomic mass is 9.99. The maximum absolute atomic E-state index is 12.4. The van der Waals surface area contributed by atoms with E-state index in [0.717, 1.165) is 23.4 Å². The smallest absolute Gasteiger partial charge is 0.243 e. The number of hydrogen-bond acceptors (Lipinski definition) is 3. The molecule has 1 fully saturated rings. The van der Waals surface area contributed by atoms with Crippen molar-refractivity contribution in [1.82, 2.24) is 4.90 Å². The van der Waals surface area contributed by atoms with Crippen LogP contribution in [0.4, 0.5) is 5.69 Å². The molecule has 0 aliphatic carbocycles. The fraction of sp³-hybridized carbons (Fsp3) is 0.533. The molecule has 0 spiro atoms. The fourth-order valence-electron chi connectivity index (χ4n) is 2.51. The number of carbonyl (C=O) groups is 1. The zero-order chi connectivity index (χ0) is 16.3. The van der Waals surface area contributed by atoms with Gasteiger partial charge in [0.05, 0.1) is 11.9 Å². The van der Waals surface area contributed by atoms with Crippen molar-refractivity contribution in [2.45, 2.75) is 19.8 Å². The molecule has 122 valence electrons. The van der Waals surface area contributed by atoms with Crippen LogP contribution in [-0.4, -0.2) is 45.1 Å². The molecule has 1 saturated heterocycles. The molecule has 1 aromatic carbocycles. The summed E-state index contributed by atoms with van der Waals surface area (Å²) in [6, 6.07) is 6.52. The highest BCUT2D eigenvalue weighted by Crippen LogP contribution is 2.22. The summed E-state index contributed by atoms with van der Waals surface area (Å²) in [5.74, 6) is 0.445. The maximum atomic E-state index is 12.4. The number of likely N-dealkylation sites (tertiary alicyclic amines) is 1. The second kappa shape index (κ2) is 6.87. The summed E-state index contributed by atoms with van der Waals surface area (Å²) >= 11 is 5.92. The molecular weight excluding hydrogens is 324 g/mol. The summed E-state index contributed by atoms with van der Waals surface area (Å²) < 4.78 is 25.2. The van der Waals surface area contributed by atoms with Gasteiger partial charge in [0.1, 0.15) is 6.54 Å². The van der Waals surface area contributed by atoms with Crippen LogP contribution in [0.25, 0.3) is 0 Å². The monoisotopic (exact) mass is 344 g/mol. The van der Waals surface area contributed by atoms with Crippen LogP contribution >= 0.6 is 11.6 Å². The lowest BCUT2D eigenvalue weighted by Crippen LogP contribution is -2.45. The van der Waals surface area contributed by atoms with Crippen molar-refractivity contribution in [3.05, 3.63) is 29.3 Å². The fourth-order valence-corrected chi connectivity index (χ4v) is 3.54. The second-order valence-electron chi connectivity index (χ2n) is 5.81. The number of piperidine rings is 1. The number of nitrogens with zero attached hydrogens (tertiary/aromatic N) is 2. The normalized spacial score (nSPS) is 16.6. The lowest BCUT2D eigenvalue weighted by molar-refractivity contribution is -0.130. The van der Waals surface area contributed by atoms with Crippen molar-refractivity contribution in [1.29, 1.82) is 0 Å². The largest absolute Gasteiger partial charge is 0.341 e. The van der Waals surface area contributed by atoms with Gasteiger partial charge in [-0.1, -0.05) is 24.6 Å². The highest BCUT2D eigenvalue weighted by atomic mass is 35.5. The average molecular weight is 345 g/mol. The molecule has 0 unspecified atom stereocenters. The van der Waals surface area contributed by atoms with Crippen LogP contribution in [0.2, 0.25) is 5.02 Å². The molecule has 0 bridgehead atoms. The second-order valence-corrected chi connectivity index (χ2v) is 8.16. The summed E-state index contributed by atoms with van der Waals surface area (Å²) in [6.45, 7) is 3.35. The van der Waals surface area contributed by atoms with E-state index in [9.17, 15) is 13.2 Å². The van der Waals surface area contributed by atoms with Crippen molar-refractivity contribution in [2.75, 3.05) is 30.2 Å². The van der Waals surface area contributed by atoms with Gasteiger partial charge in [-0.15, -0.1) is 0 Å². The zero-order valence-electron chi connectivity index (χ0n) is 12.8. The number of amides is 1. The molecule has 1 amide bonds. The first-order chi connectivity index (χ1) is 10.3. The van der Waals surface area contributed by atoms with E-state index in [1.54, 1.807) is 29.2 Å². The van der Waals surface area contributed by atoms with Gasteiger partial charge in [0, 0.05) is 18.1 Å². The quantitative estimate of drug-likeness (QED) is 0.842. The van der Waals surface area contributed by atoms with Gasteiger partial charge in [-0.05, 0) is 37.0 Å². The van der Waals surface area contributed by atoms with Crippen LogP contribution in [-0.2, 0) is 14.8 Å². The maximum Gasteiger partial charge on any atom is 0.243 e. The van der Waals surface area contributed by atoms with Crippen molar-refractivity contribution in [3.8, 4) is 0 Å². The molecule has 0 aromatic heterocycles. The Labute approximate surface area is 136 Å². The summed E-state index contributed by atoms with van der Waals surface area (Å²) in [5.41, 5.74) is 0.411. The number of halogens is 1. The van der Waals surface area contributed by atoms with E-state index in [0.29, 0.717) is 29.7 Å². The summed E-state index contributed by atoms with van der Waals surface area (Å²) in [5, 5.41) is 0.436. The minimum Gasteiger partial charge on any atom is -0.341 e. The third-order valence-electron chi connectivity index (χ3n) is 3.91. The number of anilines is 1. The molecule has 2 rings (SSSR count). The van der Waals surface area contributed by atoms with Gasteiger partial charge >= 0.3 is 0 Å². The van der Waals surface area contributed by atoms with E-state index < -0.39 is 10.0 Å². The van der Waals surface area contributed by atoms with E-state index in [1.165, 1.54) is 0 Å². The minimum atomic E-state index is -3.55. The number of hydrogen-bond donors (Lipinski definition) is 0. The summed E-state index contributed by atoms with van der Waals surface area (Å²) in [6.07, 6.45) is 3.02. The number of benzene rings is 1. The molecule has 0 radical (unpaired) electrons. The molecule has 7 heteroatoms. The first kappa shape index (κ1) is 17.1. The Hall–Kier alpha value is -1.27. The van der Waals surface area contributed by atoms with Crippen LogP contribution in [0, 0.1) is 5.92 Å². The van der Waals surface area contributed by atoms with Gasteiger partial charge in [0.25, 0.3) is 0 Å². The number of rotatable bonds is 4. The molecule has 0 atom stereocenters. The molecule has 1 aliphatic rings. The molecule has 0 N–H and O–H groups in total. The zero-order valence-corrected chi connectivity index (χ0v) is 14.4. The Morgan fingerprint density at radius 2 is 2.00 bits per heavy atom. The number of carbonyl (C=O) groups excluding carboxylic acids is 1. The third-order valence-corrected chi connectivity index (χ3v) is 5.29. The predicted molar refractivity (Wildman–Crippen MR) is 88.6 cm³/mol. The van der Waals surface area contributed by atoms with Gasteiger partial charge in [0.15, 0.2) is 0 Å². The van der Waals surface area contributed by atoms with Crippen LogP contribution < -0.4 is 4.31 Å². The van der Waals surface area contributed by atoms with Gasteiger partial charge in [-0.2, -0.15) is 0 Å². The Bertz CT molecular complexity index is 640. The topological polar surface area (TPSA) is 57.7 Å². The van der Waals surface area contributed by atoms with Crippen molar-refractivity contribution in [3.63, 3.8) is 0 Å². The molecule has 22 heavy (non-hydrogen) atoms. The molecule has 1 aromatic rings. The summed E-state index contributed by atoms with van der Waals surface area (Å²) in [4.78, 5) is 14.1. The highest BCUT2D eigenvalue weighted by Gasteiger charge is 2.26. The van der Waals surface area contributed by atoms with Crippen molar-refractivity contribution < 1.29 is 13.2 Å². The Kier molecular flexibility index (Phi) is 5.34. The van der Waals surface area contributed by atoms with Gasteiger partial charge in [-0.3, -0.25) is 9.10 Å². The standard InChI is InChI=1S/C15H21ClN2O3S/c1-12-6-8-17(9-7-12)15(19)11-18(22(2,20)21)14-5-3-4-13(16)10-14/h3-5,10,12H,6-9,11H2,1-2H3. The van der Waals surface area contributed by atoms with Gasteiger partial charge < -0.3 is 4.90 Å². The van der Waals surface area contributed by atoms with E-state index in [2.05, 4.69) is 6.92 Å². The Morgan fingerprint density at radius 1 is 1.36 bits per heavy atom. The highest BCUT2D eigenvalue weighted by molar-refractivity contribution is 7.92. The van der Waals surface area contributed by atoms with Gasteiger partial charge in [0.2, 0.25) is 15.9 Å². The van der Waals surface area contributed by atoms with E-state index in [4.69, 9.17) is 11.6 Å². The SMILES string of the molecule is CC1CCN(C(=O)CN(c2cccc(Cl)c2)S(C)(=O)=O)CC1. The van der Waals surface area contributed by atoms with Crippen LogP contribution in [0.5, 0.6) is 0 Å². The first-order valence-corrected chi connectivity index (χ1v) is 9.51.